The van der Waals surface area contributed by atoms with E-state index < -0.39 is 0 Å². The molecule has 0 radical (unpaired) electrons. The molecule has 1 fully saturated rings. The summed E-state index contributed by atoms with van der Waals surface area (Å²) in [6, 6.07) is 18.7. The van der Waals surface area contributed by atoms with E-state index in [4.69, 9.17) is 0 Å². The number of benzene rings is 2. The van der Waals surface area contributed by atoms with Gasteiger partial charge in [0.2, 0.25) is 5.91 Å². The van der Waals surface area contributed by atoms with Gasteiger partial charge < -0.3 is 4.90 Å². The molecule has 6 heteroatoms. The van der Waals surface area contributed by atoms with Crippen molar-refractivity contribution in [1.82, 2.24) is 14.8 Å². The molecular weight excluding hydrogens is 374 g/mol. The molecule has 1 saturated heterocycles. The quantitative estimate of drug-likeness (QED) is 0.586. The molecule has 1 aliphatic rings. The van der Waals surface area contributed by atoms with Crippen molar-refractivity contribution >= 4 is 39.2 Å². The molecule has 0 unspecified atom stereocenters. The second-order valence-corrected chi connectivity index (χ2v) is 9.06. The number of carbonyl (C=O) groups is 1. The fourth-order valence-corrected chi connectivity index (χ4v) is 5.36. The second-order valence-electron chi connectivity index (χ2n) is 6.69. The van der Waals surface area contributed by atoms with Crippen LogP contribution >= 0.6 is 23.1 Å². The van der Waals surface area contributed by atoms with Gasteiger partial charge in [0.25, 0.3) is 0 Å². The van der Waals surface area contributed by atoms with Crippen molar-refractivity contribution in [3.8, 4) is 0 Å². The van der Waals surface area contributed by atoms with Crippen LogP contribution in [0.2, 0.25) is 0 Å². The van der Waals surface area contributed by atoms with Gasteiger partial charge in [0.1, 0.15) is 0 Å². The monoisotopic (exact) mass is 397 g/mol. The van der Waals surface area contributed by atoms with Crippen LogP contribution in [0.15, 0.2) is 58.9 Å². The molecule has 0 bridgehead atoms. The lowest BCUT2D eigenvalue weighted by Gasteiger charge is -2.34. The fourth-order valence-electron chi connectivity index (χ4n) is 3.29. The summed E-state index contributed by atoms with van der Waals surface area (Å²) in [6.45, 7) is 4.53. The molecule has 4 rings (SSSR count). The molecule has 0 N–H and O–H groups in total. The Morgan fingerprint density at radius 2 is 1.74 bits per heavy atom. The van der Waals surface area contributed by atoms with Gasteiger partial charge in [0.15, 0.2) is 4.34 Å². The summed E-state index contributed by atoms with van der Waals surface area (Å²) in [5, 5.41) is 0. The normalized spacial score (nSPS) is 15.3. The van der Waals surface area contributed by atoms with Gasteiger partial charge in [-0.15, -0.1) is 11.3 Å². The highest BCUT2D eigenvalue weighted by Crippen LogP contribution is 2.29. The third kappa shape index (κ3) is 4.89. The Balaban J connectivity index is 1.20. The summed E-state index contributed by atoms with van der Waals surface area (Å²) >= 11 is 3.40. The maximum Gasteiger partial charge on any atom is 0.223 e. The minimum absolute atomic E-state index is 0.267. The number of hydrogen-bond acceptors (Lipinski definition) is 5. The first-order chi connectivity index (χ1) is 13.3. The van der Waals surface area contributed by atoms with E-state index in [2.05, 4.69) is 40.2 Å². The summed E-state index contributed by atoms with van der Waals surface area (Å²) in [5.41, 5.74) is 2.38. The van der Waals surface area contributed by atoms with Crippen LogP contribution in [0, 0.1) is 0 Å². The first kappa shape index (κ1) is 18.5. The number of thioether (sulfide) groups is 1. The van der Waals surface area contributed by atoms with Crippen molar-refractivity contribution in [3.63, 3.8) is 0 Å². The second kappa shape index (κ2) is 8.87. The largest absolute Gasteiger partial charge is 0.340 e. The van der Waals surface area contributed by atoms with Crippen LogP contribution < -0.4 is 0 Å². The summed E-state index contributed by atoms with van der Waals surface area (Å²) in [7, 11) is 0. The van der Waals surface area contributed by atoms with Gasteiger partial charge in [-0.25, -0.2) is 4.98 Å². The Bertz CT molecular complexity index is 856. The molecule has 0 atom stereocenters. The first-order valence-corrected chi connectivity index (χ1v) is 11.1. The summed E-state index contributed by atoms with van der Waals surface area (Å²) in [6.07, 6.45) is 0.583. The topological polar surface area (TPSA) is 36.4 Å². The maximum atomic E-state index is 12.5. The number of nitrogens with zero attached hydrogens (tertiary/aromatic N) is 3. The number of carbonyl (C=O) groups excluding carboxylic acids is 1. The first-order valence-electron chi connectivity index (χ1n) is 9.30. The highest BCUT2D eigenvalue weighted by molar-refractivity contribution is 8.01. The molecule has 0 spiro atoms. The summed E-state index contributed by atoms with van der Waals surface area (Å²) in [5.74, 6) is 1.06. The van der Waals surface area contributed by atoms with E-state index in [0.717, 1.165) is 48.3 Å². The van der Waals surface area contributed by atoms with Crippen LogP contribution in [0.5, 0.6) is 0 Å². The third-order valence-corrected chi connectivity index (χ3v) is 6.97. The smallest absolute Gasteiger partial charge is 0.223 e. The molecule has 1 aliphatic heterocycles. The van der Waals surface area contributed by atoms with Gasteiger partial charge >= 0.3 is 0 Å². The van der Waals surface area contributed by atoms with Gasteiger partial charge in [-0.2, -0.15) is 0 Å². The predicted molar refractivity (Wildman–Crippen MR) is 113 cm³/mol. The van der Waals surface area contributed by atoms with Crippen molar-refractivity contribution in [3.05, 3.63) is 60.2 Å². The predicted octanol–water partition coefficient (Wildman–Crippen LogP) is 4.12. The van der Waals surface area contributed by atoms with Crippen LogP contribution in [-0.2, 0) is 11.3 Å². The van der Waals surface area contributed by atoms with Crippen molar-refractivity contribution in [2.45, 2.75) is 17.3 Å². The summed E-state index contributed by atoms with van der Waals surface area (Å²) in [4.78, 5) is 21.6. The SMILES string of the molecule is O=C(CCSc1nc2ccccc2s1)N1CCN(Cc2ccccc2)CC1. The number of piperazine rings is 1. The molecule has 1 amide bonds. The Kier molecular flexibility index (Phi) is 6.07. The zero-order chi connectivity index (χ0) is 18.5. The molecule has 2 aromatic carbocycles. The molecule has 2 heterocycles. The number of aromatic nitrogens is 1. The van der Waals surface area contributed by atoms with Crippen molar-refractivity contribution in [2.24, 2.45) is 0 Å². The third-order valence-electron chi connectivity index (χ3n) is 4.79. The molecule has 27 heavy (non-hydrogen) atoms. The van der Waals surface area contributed by atoms with Crippen molar-refractivity contribution in [2.75, 3.05) is 31.9 Å². The maximum absolute atomic E-state index is 12.5. The van der Waals surface area contributed by atoms with Gasteiger partial charge in [0.05, 0.1) is 10.2 Å². The van der Waals surface area contributed by atoms with E-state index in [0.29, 0.717) is 6.42 Å². The van der Waals surface area contributed by atoms with Crippen LogP contribution in [-0.4, -0.2) is 52.6 Å². The highest BCUT2D eigenvalue weighted by atomic mass is 32.2. The van der Waals surface area contributed by atoms with E-state index in [1.165, 1.54) is 10.3 Å². The van der Waals surface area contributed by atoms with Gasteiger partial charge in [-0.1, -0.05) is 54.2 Å². The van der Waals surface area contributed by atoms with Gasteiger partial charge in [-0.05, 0) is 17.7 Å². The van der Waals surface area contributed by atoms with Crippen molar-refractivity contribution < 1.29 is 4.79 Å². The van der Waals surface area contributed by atoms with E-state index >= 15 is 0 Å². The van der Waals surface area contributed by atoms with Crippen LogP contribution in [0.3, 0.4) is 0 Å². The highest BCUT2D eigenvalue weighted by Gasteiger charge is 2.20. The lowest BCUT2D eigenvalue weighted by Crippen LogP contribution is -2.48. The molecular formula is C21H23N3OS2. The molecule has 0 saturated carbocycles. The number of thiazole rings is 1. The Morgan fingerprint density at radius 1 is 1.00 bits per heavy atom. The van der Waals surface area contributed by atoms with E-state index in [-0.39, 0.29) is 5.91 Å². The zero-order valence-electron chi connectivity index (χ0n) is 15.2. The standard InChI is InChI=1S/C21H23N3OS2/c25-20(10-15-26-21-22-18-8-4-5-9-19(18)27-21)24-13-11-23(12-14-24)16-17-6-2-1-3-7-17/h1-9H,10-16H2. The minimum atomic E-state index is 0.267. The number of hydrogen-bond donors (Lipinski definition) is 0. The van der Waals surface area contributed by atoms with Crippen LogP contribution in [0.25, 0.3) is 10.2 Å². The Morgan fingerprint density at radius 3 is 2.52 bits per heavy atom. The van der Waals surface area contributed by atoms with Gasteiger partial charge in [-0.3, -0.25) is 9.69 Å². The van der Waals surface area contributed by atoms with E-state index in [1.54, 1.807) is 23.1 Å². The van der Waals surface area contributed by atoms with Crippen molar-refractivity contribution in [1.29, 1.82) is 0 Å². The lowest BCUT2D eigenvalue weighted by molar-refractivity contribution is -0.132. The van der Waals surface area contributed by atoms with Crippen LogP contribution in [0.4, 0.5) is 0 Å². The fraction of sp³-hybridized carbons (Fsp3) is 0.333. The molecule has 4 nitrogen and oxygen atoms in total. The van der Waals surface area contributed by atoms with Gasteiger partial charge in [0, 0.05) is 44.9 Å². The van der Waals surface area contributed by atoms with E-state index in [9.17, 15) is 4.79 Å². The number of fused-ring (bicyclic) bond motifs is 1. The number of para-hydroxylation sites is 1. The Hall–Kier alpha value is -1.89. The number of rotatable bonds is 6. The average Bonchev–Trinajstić information content (AvgIpc) is 3.12. The average molecular weight is 398 g/mol. The van der Waals surface area contributed by atoms with Crippen LogP contribution in [0.1, 0.15) is 12.0 Å². The molecule has 1 aromatic heterocycles. The molecule has 0 aliphatic carbocycles. The molecule has 140 valence electrons. The Labute approximate surface area is 168 Å². The van der Waals surface area contributed by atoms with E-state index in [1.807, 2.05) is 29.2 Å². The lowest BCUT2D eigenvalue weighted by atomic mass is 10.2. The zero-order valence-corrected chi connectivity index (χ0v) is 16.8. The number of amides is 1. The summed E-state index contributed by atoms with van der Waals surface area (Å²) < 4.78 is 2.26. The molecule has 3 aromatic rings. The minimum Gasteiger partial charge on any atom is -0.340 e.